The number of anilines is 1. The molecule has 0 unspecified atom stereocenters. The number of benzene rings is 2. The summed E-state index contributed by atoms with van der Waals surface area (Å²) in [7, 11) is 1.36. The van der Waals surface area contributed by atoms with Crippen molar-refractivity contribution in [2.75, 3.05) is 19.0 Å². The first-order chi connectivity index (χ1) is 14.4. The van der Waals surface area contributed by atoms with Crippen LogP contribution in [0.4, 0.5) is 5.69 Å². The Morgan fingerprint density at radius 3 is 2.33 bits per heavy atom. The van der Waals surface area contributed by atoms with E-state index >= 15 is 0 Å². The van der Waals surface area contributed by atoms with Crippen LogP contribution in [0.15, 0.2) is 59.4 Å². The van der Waals surface area contributed by atoms with Crippen LogP contribution >= 0.6 is 0 Å². The van der Waals surface area contributed by atoms with Crippen molar-refractivity contribution in [1.82, 2.24) is 9.78 Å². The predicted octanol–water partition coefficient (Wildman–Crippen LogP) is 2.98. The summed E-state index contributed by atoms with van der Waals surface area (Å²) >= 11 is 0. The van der Waals surface area contributed by atoms with E-state index in [0.29, 0.717) is 16.9 Å². The number of carbonyl (C=O) groups excluding carboxylic acids is 2. The lowest BCUT2D eigenvalue weighted by molar-refractivity contribution is 0.0526. The van der Waals surface area contributed by atoms with Gasteiger partial charge in [0.15, 0.2) is 11.4 Å². The molecule has 8 heteroatoms. The van der Waals surface area contributed by atoms with Crippen LogP contribution < -0.4 is 15.6 Å². The number of aromatic nitrogens is 2. The summed E-state index contributed by atoms with van der Waals surface area (Å²) in [5.41, 5.74) is 1.91. The molecule has 2 aromatic carbocycles. The van der Waals surface area contributed by atoms with Crippen LogP contribution in [0.3, 0.4) is 0 Å². The Balaban J connectivity index is 1.89. The third kappa shape index (κ3) is 4.54. The van der Waals surface area contributed by atoms with Crippen LogP contribution in [0.2, 0.25) is 0 Å². The molecule has 3 rings (SSSR count). The number of carbonyl (C=O) groups is 2. The molecule has 1 N–H and O–H groups in total. The maximum absolute atomic E-state index is 12.8. The number of nitrogens with one attached hydrogen (secondary N) is 1. The molecule has 1 heterocycles. The molecule has 30 heavy (non-hydrogen) atoms. The molecule has 0 atom stereocenters. The van der Waals surface area contributed by atoms with E-state index in [9.17, 15) is 14.4 Å². The van der Waals surface area contributed by atoms with Crippen LogP contribution in [0.25, 0.3) is 5.69 Å². The summed E-state index contributed by atoms with van der Waals surface area (Å²) in [6.07, 6.45) is 0. The second-order valence-electron chi connectivity index (χ2n) is 6.40. The maximum Gasteiger partial charge on any atom is 0.338 e. The fourth-order valence-corrected chi connectivity index (χ4v) is 2.72. The second kappa shape index (κ2) is 9.04. The standard InChI is InChI=1S/C22H21N3O5/c1-4-30-22(28)15-7-9-16(10-8-15)23-21(27)20-18(29-3)13-19(26)25(24-20)17-11-5-14(2)6-12-17/h5-13H,4H2,1-3H3,(H,23,27). The zero-order chi connectivity index (χ0) is 21.7. The van der Waals surface area contributed by atoms with Crippen LogP contribution in [0.5, 0.6) is 5.75 Å². The Hall–Kier alpha value is -3.94. The number of rotatable bonds is 6. The van der Waals surface area contributed by atoms with Crippen LogP contribution in [0.1, 0.15) is 33.3 Å². The van der Waals surface area contributed by atoms with Gasteiger partial charge in [-0.1, -0.05) is 17.7 Å². The fourth-order valence-electron chi connectivity index (χ4n) is 2.72. The molecule has 0 saturated carbocycles. The summed E-state index contributed by atoms with van der Waals surface area (Å²) in [6.45, 7) is 3.93. The average Bonchev–Trinajstić information content (AvgIpc) is 2.74. The van der Waals surface area contributed by atoms with E-state index < -0.39 is 17.4 Å². The highest BCUT2D eigenvalue weighted by Gasteiger charge is 2.18. The molecular formula is C22H21N3O5. The molecule has 0 fully saturated rings. The van der Waals surface area contributed by atoms with Gasteiger partial charge in [-0.2, -0.15) is 9.78 Å². The highest BCUT2D eigenvalue weighted by molar-refractivity contribution is 6.04. The zero-order valence-electron chi connectivity index (χ0n) is 16.8. The quantitative estimate of drug-likeness (QED) is 0.631. The number of nitrogens with zero attached hydrogens (tertiary/aromatic N) is 2. The molecule has 154 valence electrons. The number of methoxy groups -OCH3 is 1. The van der Waals surface area contributed by atoms with Gasteiger partial charge in [0.2, 0.25) is 0 Å². The topological polar surface area (TPSA) is 99.5 Å². The minimum Gasteiger partial charge on any atom is -0.494 e. The number of hydrogen-bond donors (Lipinski definition) is 1. The van der Waals surface area contributed by atoms with Gasteiger partial charge in [0.05, 0.1) is 31.0 Å². The Morgan fingerprint density at radius 2 is 1.73 bits per heavy atom. The molecule has 0 aliphatic carbocycles. The Labute approximate surface area is 173 Å². The molecule has 0 bridgehead atoms. The van der Waals surface area contributed by atoms with E-state index in [1.165, 1.54) is 13.2 Å². The van der Waals surface area contributed by atoms with Gasteiger partial charge < -0.3 is 14.8 Å². The monoisotopic (exact) mass is 407 g/mol. The largest absolute Gasteiger partial charge is 0.494 e. The Bertz CT molecular complexity index is 1120. The lowest BCUT2D eigenvalue weighted by Crippen LogP contribution is -2.26. The minimum absolute atomic E-state index is 0.0489. The maximum atomic E-state index is 12.8. The number of esters is 1. The average molecular weight is 407 g/mol. The van der Waals surface area contributed by atoms with E-state index in [1.807, 2.05) is 19.1 Å². The molecule has 0 aliphatic heterocycles. The van der Waals surface area contributed by atoms with Gasteiger partial charge >= 0.3 is 5.97 Å². The van der Waals surface area contributed by atoms with Crippen molar-refractivity contribution in [3.63, 3.8) is 0 Å². The first-order valence-electron chi connectivity index (χ1n) is 9.27. The van der Waals surface area contributed by atoms with Crippen molar-refractivity contribution in [3.8, 4) is 11.4 Å². The summed E-state index contributed by atoms with van der Waals surface area (Å²) in [6, 6.07) is 14.6. The summed E-state index contributed by atoms with van der Waals surface area (Å²) in [5, 5.41) is 6.89. The smallest absolute Gasteiger partial charge is 0.338 e. The second-order valence-corrected chi connectivity index (χ2v) is 6.40. The Kier molecular flexibility index (Phi) is 6.26. The van der Waals surface area contributed by atoms with Gasteiger partial charge in [-0.05, 0) is 50.2 Å². The highest BCUT2D eigenvalue weighted by atomic mass is 16.5. The first kappa shape index (κ1) is 20.8. The third-order valence-electron chi connectivity index (χ3n) is 4.26. The number of aryl methyl sites for hydroxylation is 1. The van der Waals surface area contributed by atoms with Gasteiger partial charge in [0.25, 0.3) is 11.5 Å². The molecular weight excluding hydrogens is 386 g/mol. The van der Waals surface area contributed by atoms with Crippen LogP contribution in [0, 0.1) is 6.92 Å². The molecule has 0 radical (unpaired) electrons. The van der Waals surface area contributed by atoms with Crippen molar-refractivity contribution in [1.29, 1.82) is 0 Å². The van der Waals surface area contributed by atoms with Gasteiger partial charge in [-0.3, -0.25) is 9.59 Å². The lowest BCUT2D eigenvalue weighted by atomic mass is 10.2. The zero-order valence-corrected chi connectivity index (χ0v) is 16.8. The van der Waals surface area contributed by atoms with Crippen molar-refractivity contribution < 1.29 is 19.1 Å². The first-order valence-corrected chi connectivity index (χ1v) is 9.27. The number of hydrogen-bond acceptors (Lipinski definition) is 6. The number of amides is 1. The summed E-state index contributed by atoms with van der Waals surface area (Å²) in [4.78, 5) is 37.0. The highest BCUT2D eigenvalue weighted by Crippen LogP contribution is 2.18. The third-order valence-corrected chi connectivity index (χ3v) is 4.26. The molecule has 0 saturated heterocycles. The van der Waals surface area contributed by atoms with Crippen molar-refractivity contribution in [2.24, 2.45) is 0 Å². The molecule has 0 spiro atoms. The van der Waals surface area contributed by atoms with Gasteiger partial charge in [-0.25, -0.2) is 4.79 Å². The van der Waals surface area contributed by atoms with E-state index in [1.54, 1.807) is 43.3 Å². The van der Waals surface area contributed by atoms with Gasteiger partial charge in [0.1, 0.15) is 0 Å². The predicted molar refractivity (Wildman–Crippen MR) is 111 cm³/mol. The van der Waals surface area contributed by atoms with E-state index in [4.69, 9.17) is 9.47 Å². The minimum atomic E-state index is -0.559. The van der Waals surface area contributed by atoms with Crippen molar-refractivity contribution in [2.45, 2.75) is 13.8 Å². The van der Waals surface area contributed by atoms with Crippen molar-refractivity contribution in [3.05, 3.63) is 81.8 Å². The molecule has 0 aliphatic rings. The summed E-state index contributed by atoms with van der Waals surface area (Å²) in [5.74, 6) is -0.940. The fraction of sp³-hybridized carbons (Fsp3) is 0.182. The van der Waals surface area contributed by atoms with Crippen molar-refractivity contribution >= 4 is 17.6 Å². The lowest BCUT2D eigenvalue weighted by Gasteiger charge is -2.12. The molecule has 1 aromatic heterocycles. The SMILES string of the molecule is CCOC(=O)c1ccc(NC(=O)c2nn(-c3ccc(C)cc3)c(=O)cc2OC)cc1. The normalized spacial score (nSPS) is 10.4. The van der Waals surface area contributed by atoms with Gasteiger partial charge in [0, 0.05) is 5.69 Å². The van der Waals surface area contributed by atoms with E-state index in [-0.39, 0.29) is 18.1 Å². The molecule has 3 aromatic rings. The van der Waals surface area contributed by atoms with Crippen LogP contribution in [-0.2, 0) is 4.74 Å². The number of ether oxygens (including phenoxy) is 2. The van der Waals surface area contributed by atoms with Gasteiger partial charge in [-0.15, -0.1) is 0 Å². The van der Waals surface area contributed by atoms with E-state index in [0.717, 1.165) is 10.2 Å². The van der Waals surface area contributed by atoms with E-state index in [2.05, 4.69) is 10.4 Å². The molecule has 8 nitrogen and oxygen atoms in total. The summed E-state index contributed by atoms with van der Waals surface area (Å²) < 4.78 is 11.3. The van der Waals surface area contributed by atoms with Crippen LogP contribution in [-0.4, -0.2) is 35.4 Å². The Morgan fingerprint density at radius 1 is 1.07 bits per heavy atom. The molecule has 1 amide bonds.